The lowest BCUT2D eigenvalue weighted by Gasteiger charge is -2.37. The number of benzene rings is 3. The molecule has 6 nitrogen and oxygen atoms in total. The number of hydrogen-bond donors (Lipinski definition) is 3. The molecule has 1 aliphatic rings. The van der Waals surface area contributed by atoms with E-state index in [1.165, 1.54) is 36.4 Å². The van der Waals surface area contributed by atoms with Gasteiger partial charge in [-0.05, 0) is 53.8 Å². The van der Waals surface area contributed by atoms with Gasteiger partial charge in [0, 0.05) is 28.2 Å². The van der Waals surface area contributed by atoms with Gasteiger partial charge in [-0.25, -0.2) is 18.0 Å². The molecule has 214 valence electrons. The standard InChI is InChI=1S/C30H26Cl2F3N3O3/c1-29(2,3)13-23-30(14-36,19-10-7-15(31)11-22(19)34)24(18-5-4-6-20(32)25(18)35)26(38-23)27(39)37-16-8-9-17(28(40)41)21(33)12-16/h4-12,23-24,26,38H,13H2,1-3H3,(H,37,39)(H,40,41). The van der Waals surface area contributed by atoms with Crippen molar-refractivity contribution in [2.75, 3.05) is 5.32 Å². The molecule has 0 radical (unpaired) electrons. The molecule has 0 bridgehead atoms. The maximum Gasteiger partial charge on any atom is 0.338 e. The molecule has 1 amide bonds. The van der Waals surface area contributed by atoms with Crippen LogP contribution in [0.5, 0.6) is 0 Å². The fourth-order valence-electron chi connectivity index (χ4n) is 5.54. The number of nitrogens with one attached hydrogen (secondary N) is 2. The van der Waals surface area contributed by atoms with Crippen LogP contribution in [-0.2, 0) is 10.2 Å². The molecule has 3 aromatic rings. The summed E-state index contributed by atoms with van der Waals surface area (Å²) in [7, 11) is 0. The van der Waals surface area contributed by atoms with Gasteiger partial charge in [0.2, 0.25) is 5.91 Å². The van der Waals surface area contributed by atoms with Gasteiger partial charge in [0.1, 0.15) is 22.9 Å². The van der Waals surface area contributed by atoms with E-state index in [2.05, 4.69) is 16.7 Å². The number of hydrogen-bond acceptors (Lipinski definition) is 4. The van der Waals surface area contributed by atoms with Crippen LogP contribution in [0.15, 0.2) is 54.6 Å². The van der Waals surface area contributed by atoms with Gasteiger partial charge in [-0.2, -0.15) is 5.26 Å². The highest BCUT2D eigenvalue weighted by Gasteiger charge is 2.61. The molecule has 11 heteroatoms. The van der Waals surface area contributed by atoms with Crippen molar-refractivity contribution in [3.05, 3.63) is 98.8 Å². The largest absolute Gasteiger partial charge is 0.478 e. The van der Waals surface area contributed by atoms with Crippen molar-refractivity contribution in [3.63, 3.8) is 0 Å². The molecule has 41 heavy (non-hydrogen) atoms. The van der Waals surface area contributed by atoms with E-state index in [9.17, 15) is 19.2 Å². The second kappa shape index (κ2) is 11.4. The Bertz CT molecular complexity index is 1570. The number of nitrogens with zero attached hydrogens (tertiary/aromatic N) is 1. The van der Waals surface area contributed by atoms with Gasteiger partial charge in [-0.1, -0.05) is 62.2 Å². The van der Waals surface area contributed by atoms with E-state index >= 15 is 8.78 Å². The monoisotopic (exact) mass is 603 g/mol. The van der Waals surface area contributed by atoms with Crippen LogP contribution in [-0.4, -0.2) is 29.1 Å². The first-order chi connectivity index (χ1) is 19.2. The lowest BCUT2D eigenvalue weighted by Crippen LogP contribution is -2.45. The quantitative estimate of drug-likeness (QED) is 0.280. The Labute approximate surface area is 245 Å². The Morgan fingerprint density at radius 2 is 1.78 bits per heavy atom. The Morgan fingerprint density at radius 3 is 2.37 bits per heavy atom. The highest BCUT2D eigenvalue weighted by molar-refractivity contribution is 6.31. The lowest BCUT2D eigenvalue weighted by molar-refractivity contribution is -0.118. The average molecular weight is 604 g/mol. The predicted octanol–water partition coefficient (Wildman–Crippen LogP) is 7.07. The Hall–Kier alpha value is -3.58. The zero-order chi connectivity index (χ0) is 30.3. The maximum atomic E-state index is 15.7. The first-order valence-corrected chi connectivity index (χ1v) is 13.4. The number of carbonyl (C=O) groups is 2. The van der Waals surface area contributed by atoms with E-state index in [0.29, 0.717) is 0 Å². The van der Waals surface area contributed by atoms with Crippen molar-refractivity contribution >= 4 is 40.8 Å². The van der Waals surface area contributed by atoms with E-state index in [1.807, 2.05) is 20.8 Å². The van der Waals surface area contributed by atoms with Crippen LogP contribution in [0, 0.1) is 34.2 Å². The first kappa shape index (κ1) is 30.4. The molecule has 0 saturated carbocycles. The number of nitriles is 1. The fourth-order valence-corrected chi connectivity index (χ4v) is 5.88. The summed E-state index contributed by atoms with van der Waals surface area (Å²) in [6.07, 6.45) is 0.271. The van der Waals surface area contributed by atoms with Crippen molar-refractivity contribution in [3.8, 4) is 6.07 Å². The van der Waals surface area contributed by atoms with Crippen LogP contribution >= 0.6 is 23.2 Å². The Morgan fingerprint density at radius 1 is 1.07 bits per heavy atom. The topological polar surface area (TPSA) is 102 Å². The van der Waals surface area contributed by atoms with Crippen molar-refractivity contribution in [2.45, 2.75) is 50.6 Å². The number of aromatic carboxylic acids is 1. The molecule has 1 fully saturated rings. The highest BCUT2D eigenvalue weighted by atomic mass is 35.5. The number of amides is 1. The van der Waals surface area contributed by atoms with E-state index in [1.54, 1.807) is 0 Å². The summed E-state index contributed by atoms with van der Waals surface area (Å²) in [4.78, 5) is 25.0. The summed E-state index contributed by atoms with van der Waals surface area (Å²) >= 11 is 12.1. The van der Waals surface area contributed by atoms with Gasteiger partial charge in [0.05, 0.1) is 22.7 Å². The van der Waals surface area contributed by atoms with Gasteiger partial charge >= 0.3 is 5.97 Å². The third-order valence-electron chi connectivity index (χ3n) is 7.20. The predicted molar refractivity (Wildman–Crippen MR) is 150 cm³/mol. The molecular formula is C30H26Cl2F3N3O3. The maximum absolute atomic E-state index is 15.7. The van der Waals surface area contributed by atoms with Crippen molar-refractivity contribution < 1.29 is 27.9 Å². The van der Waals surface area contributed by atoms with Crippen LogP contribution in [0.3, 0.4) is 0 Å². The molecular weight excluding hydrogens is 578 g/mol. The summed E-state index contributed by atoms with van der Waals surface area (Å²) in [5.41, 5.74) is -3.08. The number of anilines is 1. The summed E-state index contributed by atoms with van der Waals surface area (Å²) < 4.78 is 45.7. The summed E-state index contributed by atoms with van der Waals surface area (Å²) in [5, 5.41) is 25.5. The second-order valence-corrected chi connectivity index (χ2v) is 12.0. The van der Waals surface area contributed by atoms with E-state index < -0.39 is 63.7 Å². The Kier molecular flexibility index (Phi) is 8.42. The number of carbonyl (C=O) groups excluding carboxylic acids is 1. The van der Waals surface area contributed by atoms with Crippen molar-refractivity contribution in [2.24, 2.45) is 5.41 Å². The smallest absolute Gasteiger partial charge is 0.338 e. The lowest BCUT2D eigenvalue weighted by atomic mass is 9.62. The van der Waals surface area contributed by atoms with Gasteiger partial charge in [0.25, 0.3) is 0 Å². The molecule has 1 aliphatic heterocycles. The zero-order valence-corrected chi connectivity index (χ0v) is 23.7. The minimum Gasteiger partial charge on any atom is -0.478 e. The molecule has 0 aliphatic carbocycles. The summed E-state index contributed by atoms with van der Waals surface area (Å²) in [5.74, 6) is -6.32. The third-order valence-corrected chi connectivity index (χ3v) is 7.73. The van der Waals surface area contributed by atoms with Crippen LogP contribution < -0.4 is 10.6 Å². The molecule has 1 heterocycles. The van der Waals surface area contributed by atoms with Gasteiger partial charge in [-0.15, -0.1) is 0 Å². The molecule has 0 aromatic heterocycles. The molecule has 4 rings (SSSR count). The molecule has 0 spiro atoms. The molecule has 4 unspecified atom stereocenters. The zero-order valence-electron chi connectivity index (χ0n) is 22.2. The van der Waals surface area contributed by atoms with Crippen molar-refractivity contribution in [1.29, 1.82) is 5.26 Å². The number of carboxylic acids is 1. The van der Waals surface area contributed by atoms with Gasteiger partial charge < -0.3 is 15.7 Å². The fraction of sp³-hybridized carbons (Fsp3) is 0.300. The first-order valence-electron chi connectivity index (χ1n) is 12.6. The van der Waals surface area contributed by atoms with E-state index in [-0.39, 0.29) is 33.3 Å². The SMILES string of the molecule is CC(C)(C)CC1NC(C(=O)Nc2ccc(C(=O)O)c(F)c2)C(c2cccc(Cl)c2F)C1(C#N)c1ccc(Cl)cc1F. The van der Waals surface area contributed by atoms with Gasteiger partial charge in [0.15, 0.2) is 0 Å². The molecule has 3 aromatic carbocycles. The van der Waals surface area contributed by atoms with Gasteiger partial charge in [-0.3, -0.25) is 4.79 Å². The van der Waals surface area contributed by atoms with Crippen LogP contribution in [0.1, 0.15) is 54.6 Å². The Balaban J connectivity index is 1.93. The summed E-state index contributed by atoms with van der Waals surface area (Å²) in [6.45, 7) is 5.72. The number of halogens is 5. The van der Waals surface area contributed by atoms with Crippen LogP contribution in [0.4, 0.5) is 18.9 Å². The number of carboxylic acid groups (broad SMARTS) is 1. The van der Waals surface area contributed by atoms with Crippen LogP contribution in [0.25, 0.3) is 0 Å². The molecule has 3 N–H and O–H groups in total. The molecule has 4 atom stereocenters. The normalized spacial score (nSPS) is 22.3. The minimum atomic E-state index is -1.83. The van der Waals surface area contributed by atoms with Crippen molar-refractivity contribution in [1.82, 2.24) is 5.32 Å². The number of rotatable bonds is 6. The molecule has 1 saturated heterocycles. The van der Waals surface area contributed by atoms with E-state index in [0.717, 1.165) is 18.2 Å². The average Bonchev–Trinajstić information content (AvgIpc) is 3.18. The highest BCUT2D eigenvalue weighted by Crippen LogP contribution is 2.52. The third kappa shape index (κ3) is 5.78. The van der Waals surface area contributed by atoms with E-state index in [4.69, 9.17) is 28.3 Å². The summed E-state index contributed by atoms with van der Waals surface area (Å²) in [6, 6.07) is 11.1. The second-order valence-electron chi connectivity index (χ2n) is 11.2. The van der Waals surface area contributed by atoms with Crippen LogP contribution in [0.2, 0.25) is 10.0 Å². The minimum absolute atomic E-state index is 0.0656.